The van der Waals surface area contributed by atoms with Gasteiger partial charge in [-0.1, -0.05) is 19.0 Å². The maximum absolute atomic E-state index is 9.36. The monoisotopic (exact) mass is 274 g/mol. The Morgan fingerprint density at radius 2 is 1.50 bits per heavy atom. The van der Waals surface area contributed by atoms with Gasteiger partial charge in [-0.2, -0.15) is 0 Å². The zero-order valence-corrected chi connectivity index (χ0v) is 11.5. The summed E-state index contributed by atoms with van der Waals surface area (Å²) in [7, 11) is 0. The number of oxime groups is 1. The molecule has 0 unspecified atom stereocenters. The lowest BCUT2D eigenvalue weighted by atomic mass is 9.78. The summed E-state index contributed by atoms with van der Waals surface area (Å²) < 4.78 is 11.0. The standard InChI is InChI=1S/C15H18N2O3/c1-9-13(17-18)10(2)15(12-6-4-8-20-12)16-14(9)11-5-3-7-19-11/h3-10,14-16,18H,1-2H3/t9-,10-,14-,15+/m0/s1. The van der Waals surface area contributed by atoms with Crippen LogP contribution in [0.4, 0.5) is 0 Å². The van der Waals surface area contributed by atoms with E-state index in [2.05, 4.69) is 10.5 Å². The van der Waals surface area contributed by atoms with Crippen LogP contribution >= 0.6 is 0 Å². The van der Waals surface area contributed by atoms with Gasteiger partial charge in [0.15, 0.2) is 0 Å². The number of nitrogens with one attached hydrogen (secondary N) is 1. The molecule has 1 aliphatic heterocycles. The van der Waals surface area contributed by atoms with E-state index in [1.165, 1.54) is 0 Å². The first kappa shape index (κ1) is 13.0. The van der Waals surface area contributed by atoms with Crippen LogP contribution in [0, 0.1) is 11.8 Å². The summed E-state index contributed by atoms with van der Waals surface area (Å²) in [5, 5.41) is 16.4. The van der Waals surface area contributed by atoms with Gasteiger partial charge in [0.1, 0.15) is 11.5 Å². The lowest BCUT2D eigenvalue weighted by Gasteiger charge is -2.38. The van der Waals surface area contributed by atoms with Crippen molar-refractivity contribution in [1.29, 1.82) is 0 Å². The number of hydrogen-bond donors (Lipinski definition) is 2. The summed E-state index contributed by atoms with van der Waals surface area (Å²) in [5.74, 6) is 1.77. The van der Waals surface area contributed by atoms with E-state index in [0.717, 1.165) is 17.2 Å². The number of piperidine rings is 1. The molecule has 1 saturated heterocycles. The predicted octanol–water partition coefficient (Wildman–Crippen LogP) is 3.36. The topological polar surface area (TPSA) is 70.9 Å². The van der Waals surface area contributed by atoms with Crippen LogP contribution in [-0.2, 0) is 0 Å². The van der Waals surface area contributed by atoms with Gasteiger partial charge in [-0.3, -0.25) is 5.32 Å². The maximum atomic E-state index is 9.36. The zero-order valence-electron chi connectivity index (χ0n) is 11.5. The Hall–Kier alpha value is -2.01. The molecule has 0 aromatic carbocycles. The highest BCUT2D eigenvalue weighted by Gasteiger charge is 2.41. The number of rotatable bonds is 2. The third kappa shape index (κ3) is 2.04. The fourth-order valence-electron chi connectivity index (χ4n) is 3.01. The fourth-order valence-corrected chi connectivity index (χ4v) is 3.01. The molecule has 0 amide bonds. The zero-order chi connectivity index (χ0) is 14.1. The Morgan fingerprint density at radius 1 is 1.00 bits per heavy atom. The fraction of sp³-hybridized carbons (Fsp3) is 0.400. The summed E-state index contributed by atoms with van der Waals surface area (Å²) in [4.78, 5) is 0. The third-order valence-corrected chi connectivity index (χ3v) is 4.11. The highest BCUT2D eigenvalue weighted by molar-refractivity contribution is 5.90. The molecule has 0 spiro atoms. The number of nitrogens with zero attached hydrogens (tertiary/aromatic N) is 1. The van der Waals surface area contributed by atoms with Gasteiger partial charge in [-0.15, -0.1) is 0 Å². The molecule has 5 heteroatoms. The largest absolute Gasteiger partial charge is 0.468 e. The second-order valence-corrected chi connectivity index (χ2v) is 5.26. The molecular formula is C15H18N2O3. The normalized spacial score (nSPS) is 32.6. The van der Waals surface area contributed by atoms with E-state index in [-0.39, 0.29) is 23.9 Å². The molecule has 1 fully saturated rings. The molecule has 1 aliphatic rings. The van der Waals surface area contributed by atoms with Crippen LogP contribution in [0.2, 0.25) is 0 Å². The molecule has 4 atom stereocenters. The average molecular weight is 274 g/mol. The van der Waals surface area contributed by atoms with Crippen molar-refractivity contribution >= 4 is 5.71 Å². The molecule has 2 aromatic rings. The SMILES string of the molecule is C[C@H]1C(=NO)[C@H](C)[C@H](c2ccco2)N[C@@H]1c1ccco1. The second-order valence-electron chi connectivity index (χ2n) is 5.26. The Kier molecular flexibility index (Phi) is 3.36. The van der Waals surface area contributed by atoms with Gasteiger partial charge in [-0.25, -0.2) is 0 Å². The van der Waals surface area contributed by atoms with Gasteiger partial charge in [0.2, 0.25) is 0 Å². The molecule has 3 rings (SSSR count). The molecule has 5 nitrogen and oxygen atoms in total. The number of furan rings is 2. The smallest absolute Gasteiger partial charge is 0.121 e. The number of hydrogen-bond acceptors (Lipinski definition) is 5. The lowest BCUT2D eigenvalue weighted by molar-refractivity contribution is 0.236. The Labute approximate surface area is 117 Å². The lowest BCUT2D eigenvalue weighted by Crippen LogP contribution is -2.46. The van der Waals surface area contributed by atoms with E-state index in [1.54, 1.807) is 12.5 Å². The third-order valence-electron chi connectivity index (χ3n) is 4.11. The molecule has 2 aromatic heterocycles. The van der Waals surface area contributed by atoms with Gasteiger partial charge in [0.05, 0.1) is 30.3 Å². The average Bonchev–Trinajstić information content (AvgIpc) is 3.12. The van der Waals surface area contributed by atoms with E-state index in [0.29, 0.717) is 0 Å². The van der Waals surface area contributed by atoms with Crippen LogP contribution in [0.5, 0.6) is 0 Å². The van der Waals surface area contributed by atoms with Crippen LogP contribution < -0.4 is 5.32 Å². The van der Waals surface area contributed by atoms with Crippen molar-refractivity contribution in [3.8, 4) is 0 Å². The van der Waals surface area contributed by atoms with E-state index in [9.17, 15) is 5.21 Å². The minimum Gasteiger partial charge on any atom is -0.468 e. The molecule has 106 valence electrons. The minimum absolute atomic E-state index is 0.0396. The first-order valence-electron chi connectivity index (χ1n) is 6.77. The molecule has 0 radical (unpaired) electrons. The van der Waals surface area contributed by atoms with Crippen molar-refractivity contribution < 1.29 is 14.0 Å². The Balaban J connectivity index is 1.97. The molecule has 3 heterocycles. The van der Waals surface area contributed by atoms with Gasteiger partial charge in [0.25, 0.3) is 0 Å². The molecule has 20 heavy (non-hydrogen) atoms. The van der Waals surface area contributed by atoms with Crippen molar-refractivity contribution in [2.45, 2.75) is 25.9 Å². The quantitative estimate of drug-likeness (QED) is 0.650. The van der Waals surface area contributed by atoms with Crippen molar-refractivity contribution in [3.63, 3.8) is 0 Å². The summed E-state index contributed by atoms with van der Waals surface area (Å²) in [6, 6.07) is 7.50. The first-order chi connectivity index (χ1) is 9.72. The van der Waals surface area contributed by atoms with Crippen molar-refractivity contribution in [2.24, 2.45) is 17.0 Å². The second kappa shape index (κ2) is 5.17. The van der Waals surface area contributed by atoms with Gasteiger partial charge < -0.3 is 14.0 Å². The summed E-state index contributed by atoms with van der Waals surface area (Å²) in [5.41, 5.74) is 0.756. The Morgan fingerprint density at radius 3 is 1.85 bits per heavy atom. The molecular weight excluding hydrogens is 256 g/mol. The van der Waals surface area contributed by atoms with Gasteiger partial charge >= 0.3 is 0 Å². The van der Waals surface area contributed by atoms with E-state index >= 15 is 0 Å². The van der Waals surface area contributed by atoms with Crippen LogP contribution in [0.25, 0.3) is 0 Å². The molecule has 0 bridgehead atoms. The van der Waals surface area contributed by atoms with Crippen molar-refractivity contribution in [1.82, 2.24) is 5.32 Å². The van der Waals surface area contributed by atoms with Crippen LogP contribution in [0.15, 0.2) is 50.8 Å². The highest BCUT2D eigenvalue weighted by Crippen LogP contribution is 2.38. The minimum atomic E-state index is -0.0396. The van der Waals surface area contributed by atoms with E-state index < -0.39 is 0 Å². The first-order valence-corrected chi connectivity index (χ1v) is 6.77. The van der Waals surface area contributed by atoms with Crippen LogP contribution in [-0.4, -0.2) is 10.9 Å². The molecule has 2 N–H and O–H groups in total. The van der Waals surface area contributed by atoms with E-state index in [4.69, 9.17) is 8.83 Å². The van der Waals surface area contributed by atoms with Gasteiger partial charge in [0, 0.05) is 11.8 Å². The summed E-state index contributed by atoms with van der Waals surface area (Å²) >= 11 is 0. The van der Waals surface area contributed by atoms with E-state index in [1.807, 2.05) is 38.1 Å². The maximum Gasteiger partial charge on any atom is 0.121 e. The summed E-state index contributed by atoms with van der Waals surface area (Å²) in [6.07, 6.45) is 3.30. The Bertz CT molecular complexity index is 526. The predicted molar refractivity (Wildman–Crippen MR) is 73.6 cm³/mol. The van der Waals surface area contributed by atoms with Crippen molar-refractivity contribution in [3.05, 3.63) is 48.3 Å². The van der Waals surface area contributed by atoms with Crippen LogP contribution in [0.3, 0.4) is 0 Å². The molecule has 0 saturated carbocycles. The van der Waals surface area contributed by atoms with Crippen molar-refractivity contribution in [2.75, 3.05) is 0 Å². The summed E-state index contributed by atoms with van der Waals surface area (Å²) in [6.45, 7) is 4.06. The van der Waals surface area contributed by atoms with Gasteiger partial charge in [-0.05, 0) is 24.3 Å². The molecule has 0 aliphatic carbocycles. The highest BCUT2D eigenvalue weighted by atomic mass is 16.4. The van der Waals surface area contributed by atoms with Crippen LogP contribution in [0.1, 0.15) is 37.5 Å².